The van der Waals surface area contributed by atoms with Gasteiger partial charge in [-0.2, -0.15) is 9.29 Å². The lowest BCUT2D eigenvalue weighted by atomic mass is 10.1. The molecule has 1 aliphatic rings. The van der Waals surface area contributed by atoms with Crippen molar-refractivity contribution in [2.24, 2.45) is 0 Å². The van der Waals surface area contributed by atoms with Crippen LogP contribution in [0.5, 0.6) is 17.5 Å². The largest absolute Gasteiger partial charge is 0.573 e. The fourth-order valence-corrected chi connectivity index (χ4v) is 6.65. The van der Waals surface area contributed by atoms with Crippen LogP contribution in [0.1, 0.15) is 30.9 Å². The molecule has 224 valence electrons. The molecular weight excluding hydrogens is 569 g/mol. The summed E-state index contributed by atoms with van der Waals surface area (Å²) in [6.07, 6.45) is -3.29. The molecule has 0 aliphatic carbocycles. The second kappa shape index (κ2) is 12.2. The first-order valence-electron chi connectivity index (χ1n) is 13.8. The zero-order chi connectivity index (χ0) is 29.9. The normalized spacial score (nSPS) is 14.8. The van der Waals surface area contributed by atoms with E-state index in [0.717, 1.165) is 34.3 Å². The highest BCUT2D eigenvalue weighted by Crippen LogP contribution is 2.33. The molecule has 1 aromatic heterocycles. The molecule has 0 saturated carbocycles. The maximum atomic E-state index is 12.7. The van der Waals surface area contributed by atoms with Crippen LogP contribution in [0, 0.1) is 6.92 Å². The molecule has 4 aromatic rings. The summed E-state index contributed by atoms with van der Waals surface area (Å²) >= 11 is 0. The van der Waals surface area contributed by atoms with E-state index < -0.39 is 16.4 Å². The van der Waals surface area contributed by atoms with Gasteiger partial charge >= 0.3 is 12.4 Å². The zero-order valence-corrected chi connectivity index (χ0v) is 24.3. The van der Waals surface area contributed by atoms with Gasteiger partial charge in [0, 0.05) is 31.9 Å². The van der Waals surface area contributed by atoms with Gasteiger partial charge in [-0.1, -0.05) is 43.7 Å². The predicted octanol–water partition coefficient (Wildman–Crippen LogP) is 6.34. The number of anilines is 1. The van der Waals surface area contributed by atoms with Gasteiger partial charge in [-0.15, -0.1) is 13.2 Å². The highest BCUT2D eigenvalue weighted by molar-refractivity contribution is 7.89. The van der Waals surface area contributed by atoms with Crippen molar-refractivity contribution in [3.8, 4) is 17.5 Å². The number of aryl methyl sites for hydroxylation is 1. The summed E-state index contributed by atoms with van der Waals surface area (Å²) < 4.78 is 77.0. The molecule has 0 spiro atoms. The molecule has 5 rings (SSSR count). The number of alkyl halides is 3. The number of hydrogen-bond donors (Lipinski definition) is 0. The molecule has 8 nitrogen and oxygen atoms in total. The van der Waals surface area contributed by atoms with Crippen LogP contribution in [-0.2, 0) is 16.6 Å². The van der Waals surface area contributed by atoms with Crippen molar-refractivity contribution in [2.45, 2.75) is 39.6 Å². The number of nitrogens with zero attached hydrogens (tertiary/aromatic N) is 4. The number of unbranched alkanes of at least 4 members (excludes halogenated alkanes) is 1. The first-order chi connectivity index (χ1) is 20.0. The maximum absolute atomic E-state index is 12.7. The number of imidazole rings is 1. The average Bonchev–Trinajstić information content (AvgIpc) is 3.30. The topological polar surface area (TPSA) is 76.9 Å². The molecule has 0 radical (unpaired) electrons. The van der Waals surface area contributed by atoms with Crippen molar-refractivity contribution in [3.63, 3.8) is 0 Å². The average molecular weight is 603 g/mol. The van der Waals surface area contributed by atoms with Crippen molar-refractivity contribution in [1.82, 2.24) is 13.9 Å². The van der Waals surface area contributed by atoms with E-state index in [4.69, 9.17) is 9.72 Å². The van der Waals surface area contributed by atoms with E-state index in [0.29, 0.717) is 44.4 Å². The Kier molecular flexibility index (Phi) is 8.65. The fourth-order valence-electron chi connectivity index (χ4n) is 5.02. The minimum atomic E-state index is -4.77. The van der Waals surface area contributed by atoms with Gasteiger partial charge in [0.2, 0.25) is 10.0 Å². The molecule has 3 aromatic carbocycles. The molecule has 0 bridgehead atoms. The maximum Gasteiger partial charge on any atom is 0.573 e. The standard InChI is InChI=1S/C30H33F3N4O4S/c1-3-4-18-42(38,39)36-16-14-35(15-17-36)24-19-22(2)28-27(20-24)37(29(34-28)40-25-8-6-5-7-9-25)21-23-10-12-26(13-11-23)41-30(31,32)33/h5-13,19-20H,3-4,14-18,21H2,1-2H3. The number of aromatic nitrogens is 2. The fraction of sp³-hybridized carbons (Fsp3) is 0.367. The lowest BCUT2D eigenvalue weighted by Crippen LogP contribution is -2.49. The summed E-state index contributed by atoms with van der Waals surface area (Å²) in [7, 11) is -3.27. The summed E-state index contributed by atoms with van der Waals surface area (Å²) in [6, 6.07) is 19.3. The van der Waals surface area contributed by atoms with Crippen LogP contribution in [-0.4, -0.2) is 60.6 Å². The lowest BCUT2D eigenvalue weighted by molar-refractivity contribution is -0.274. The Bertz CT molecular complexity index is 1620. The summed E-state index contributed by atoms with van der Waals surface area (Å²) in [5.41, 5.74) is 4.13. The van der Waals surface area contributed by atoms with E-state index >= 15 is 0 Å². The molecule has 2 heterocycles. The minimum Gasteiger partial charge on any atom is -0.425 e. The summed E-state index contributed by atoms with van der Waals surface area (Å²) in [6.45, 7) is 6.16. The summed E-state index contributed by atoms with van der Waals surface area (Å²) in [5, 5.41) is 0. The number of piperazine rings is 1. The Morgan fingerprint density at radius 2 is 1.62 bits per heavy atom. The first-order valence-corrected chi connectivity index (χ1v) is 15.4. The monoisotopic (exact) mass is 602 g/mol. The van der Waals surface area contributed by atoms with Crippen LogP contribution in [0.15, 0.2) is 66.7 Å². The molecule has 42 heavy (non-hydrogen) atoms. The van der Waals surface area contributed by atoms with Gasteiger partial charge in [0.05, 0.1) is 23.3 Å². The number of benzene rings is 3. The van der Waals surface area contributed by atoms with E-state index in [1.807, 2.05) is 60.9 Å². The van der Waals surface area contributed by atoms with E-state index in [-0.39, 0.29) is 18.0 Å². The third-order valence-corrected chi connectivity index (χ3v) is 9.15. The van der Waals surface area contributed by atoms with E-state index in [1.54, 1.807) is 16.4 Å². The van der Waals surface area contributed by atoms with Gasteiger partial charge in [0.1, 0.15) is 11.5 Å². The lowest BCUT2D eigenvalue weighted by Gasteiger charge is -2.35. The number of ether oxygens (including phenoxy) is 2. The van der Waals surface area contributed by atoms with Crippen molar-refractivity contribution in [3.05, 3.63) is 77.9 Å². The number of para-hydroxylation sites is 1. The zero-order valence-electron chi connectivity index (χ0n) is 23.5. The molecular formula is C30H33F3N4O4S. The Hall–Kier alpha value is -3.77. The van der Waals surface area contributed by atoms with Gasteiger partial charge in [0.25, 0.3) is 0 Å². The van der Waals surface area contributed by atoms with E-state index in [2.05, 4.69) is 9.64 Å². The van der Waals surface area contributed by atoms with Gasteiger partial charge < -0.3 is 14.4 Å². The number of fused-ring (bicyclic) bond motifs is 1. The number of rotatable bonds is 10. The van der Waals surface area contributed by atoms with Gasteiger partial charge in [-0.3, -0.25) is 4.57 Å². The summed E-state index contributed by atoms with van der Waals surface area (Å²) in [5.74, 6) is 0.471. The van der Waals surface area contributed by atoms with E-state index in [1.165, 1.54) is 12.1 Å². The number of sulfonamides is 1. The van der Waals surface area contributed by atoms with E-state index in [9.17, 15) is 21.6 Å². The van der Waals surface area contributed by atoms with Crippen LogP contribution in [0.25, 0.3) is 11.0 Å². The first kappa shape index (κ1) is 29.7. The molecule has 0 amide bonds. The molecule has 1 fully saturated rings. The molecule has 0 unspecified atom stereocenters. The Balaban J connectivity index is 1.45. The Labute approximate surface area is 243 Å². The Morgan fingerprint density at radius 3 is 2.26 bits per heavy atom. The highest BCUT2D eigenvalue weighted by Gasteiger charge is 2.31. The molecule has 0 N–H and O–H groups in total. The summed E-state index contributed by atoms with van der Waals surface area (Å²) in [4.78, 5) is 6.95. The van der Waals surface area contributed by atoms with Crippen molar-refractivity contribution in [2.75, 3.05) is 36.8 Å². The van der Waals surface area contributed by atoms with Crippen LogP contribution in [0.4, 0.5) is 18.9 Å². The number of halogens is 3. The molecule has 0 atom stereocenters. The van der Waals surface area contributed by atoms with Crippen LogP contribution in [0.3, 0.4) is 0 Å². The molecule has 1 saturated heterocycles. The second-order valence-corrected chi connectivity index (χ2v) is 12.4. The second-order valence-electron chi connectivity index (χ2n) is 10.3. The highest BCUT2D eigenvalue weighted by atomic mass is 32.2. The van der Waals surface area contributed by atoms with Gasteiger partial charge in [-0.05, 0) is 60.9 Å². The number of hydrogen-bond acceptors (Lipinski definition) is 6. The third-order valence-electron chi connectivity index (χ3n) is 7.20. The molecule has 12 heteroatoms. The van der Waals surface area contributed by atoms with Gasteiger partial charge in [-0.25, -0.2) is 8.42 Å². The smallest absolute Gasteiger partial charge is 0.425 e. The minimum absolute atomic E-state index is 0.168. The van der Waals surface area contributed by atoms with Crippen LogP contribution >= 0.6 is 0 Å². The van der Waals surface area contributed by atoms with Gasteiger partial charge in [0.15, 0.2) is 0 Å². The quantitative estimate of drug-likeness (QED) is 0.211. The molecule has 1 aliphatic heterocycles. The van der Waals surface area contributed by atoms with Crippen molar-refractivity contribution < 1.29 is 31.1 Å². The van der Waals surface area contributed by atoms with Crippen LogP contribution < -0.4 is 14.4 Å². The third kappa shape index (κ3) is 6.99. The Morgan fingerprint density at radius 1 is 0.929 bits per heavy atom. The van der Waals surface area contributed by atoms with Crippen LogP contribution in [0.2, 0.25) is 0 Å². The SMILES string of the molecule is CCCCS(=O)(=O)N1CCN(c2cc(C)c3nc(Oc4ccccc4)n(Cc4ccc(OC(F)(F)F)cc4)c3c2)CC1. The van der Waals surface area contributed by atoms with Crippen molar-refractivity contribution >= 4 is 26.7 Å². The predicted molar refractivity (Wildman–Crippen MR) is 156 cm³/mol. The van der Waals surface area contributed by atoms with Crippen molar-refractivity contribution in [1.29, 1.82) is 0 Å².